The number of hydrogen-bond acceptors (Lipinski definition) is 5. The van der Waals surface area contributed by atoms with Crippen molar-refractivity contribution >= 4 is 29.5 Å². The summed E-state index contributed by atoms with van der Waals surface area (Å²) in [6, 6.07) is 14.6. The molecule has 1 fully saturated rings. The fourth-order valence-electron chi connectivity index (χ4n) is 3.95. The Morgan fingerprint density at radius 1 is 1.13 bits per heavy atom. The summed E-state index contributed by atoms with van der Waals surface area (Å²) in [5, 5.41) is 0.734. The number of carbonyl (C=O) groups is 1. The second-order valence-electron chi connectivity index (χ2n) is 7.45. The first kappa shape index (κ1) is 21.5. The lowest BCUT2D eigenvalue weighted by Gasteiger charge is -2.34. The monoisotopic (exact) mass is 446 g/mol. The van der Waals surface area contributed by atoms with E-state index in [1.807, 2.05) is 30.8 Å². The van der Waals surface area contributed by atoms with E-state index in [2.05, 4.69) is 35.2 Å². The zero-order chi connectivity index (χ0) is 20.9. The van der Waals surface area contributed by atoms with Gasteiger partial charge in [0.05, 0.1) is 13.2 Å². The number of carbonyl (C=O) groups excluding carboxylic acids is 1. The van der Waals surface area contributed by atoms with Gasteiger partial charge >= 0.3 is 6.09 Å². The predicted octanol–water partition coefficient (Wildman–Crippen LogP) is 4.83. The van der Waals surface area contributed by atoms with E-state index in [0.29, 0.717) is 26.3 Å². The lowest BCUT2D eigenvalue weighted by atomic mass is 9.97. The maximum absolute atomic E-state index is 11.9. The predicted molar refractivity (Wildman–Crippen MR) is 120 cm³/mol. The molecule has 30 heavy (non-hydrogen) atoms. The first-order valence-corrected chi connectivity index (χ1v) is 11.8. The summed E-state index contributed by atoms with van der Waals surface area (Å²) in [7, 11) is 0. The van der Waals surface area contributed by atoms with Gasteiger partial charge in [-0.3, -0.25) is 4.90 Å². The zero-order valence-corrected chi connectivity index (χ0v) is 18.8. The van der Waals surface area contributed by atoms with Crippen LogP contribution in [0.3, 0.4) is 0 Å². The van der Waals surface area contributed by atoms with E-state index in [0.717, 1.165) is 36.0 Å². The standard InChI is InChI=1S/C23H27ClN2O3S/c1-2-28-23(27)26-11-9-25(10-12-26)13-14-29-22-19-6-4-3-5-17(19)16-30-21-8-7-18(24)15-20(21)22/h3-8,15,22H,2,9-14,16H2,1H3/t22-/m1/s1. The van der Waals surface area contributed by atoms with Gasteiger partial charge in [0.1, 0.15) is 6.10 Å². The average Bonchev–Trinajstić information content (AvgIpc) is 2.91. The van der Waals surface area contributed by atoms with Gasteiger partial charge in [0, 0.05) is 54.0 Å². The highest BCUT2D eigenvalue weighted by molar-refractivity contribution is 7.98. The Bertz CT molecular complexity index is 887. The lowest BCUT2D eigenvalue weighted by Crippen LogP contribution is -2.49. The molecular formula is C23H27ClN2O3S. The smallest absolute Gasteiger partial charge is 0.409 e. The summed E-state index contributed by atoms with van der Waals surface area (Å²) < 4.78 is 11.6. The third-order valence-electron chi connectivity index (χ3n) is 5.57. The number of rotatable bonds is 5. The molecule has 1 saturated heterocycles. The number of hydrogen-bond donors (Lipinski definition) is 0. The molecule has 2 aromatic rings. The molecule has 0 aromatic heterocycles. The van der Waals surface area contributed by atoms with Crippen molar-refractivity contribution in [2.75, 3.05) is 45.9 Å². The van der Waals surface area contributed by atoms with Crippen LogP contribution in [0.2, 0.25) is 5.02 Å². The molecule has 2 heterocycles. The van der Waals surface area contributed by atoms with Crippen LogP contribution in [0.1, 0.15) is 29.7 Å². The molecule has 0 spiro atoms. The normalized spacial score (nSPS) is 19.0. The van der Waals surface area contributed by atoms with E-state index >= 15 is 0 Å². The number of benzene rings is 2. The minimum absolute atomic E-state index is 0.120. The molecule has 2 aromatic carbocycles. The Balaban J connectivity index is 1.40. The SMILES string of the molecule is CCOC(=O)N1CCN(CCO[C@@H]2c3ccccc3CSc3ccc(Cl)cc32)CC1. The first-order valence-electron chi connectivity index (χ1n) is 10.4. The summed E-state index contributed by atoms with van der Waals surface area (Å²) in [6.07, 6.45) is -0.333. The lowest BCUT2D eigenvalue weighted by molar-refractivity contribution is 0.0403. The van der Waals surface area contributed by atoms with Crippen LogP contribution in [0.4, 0.5) is 4.79 Å². The van der Waals surface area contributed by atoms with Gasteiger partial charge in [0.2, 0.25) is 0 Å². The highest BCUT2D eigenvalue weighted by atomic mass is 35.5. The van der Waals surface area contributed by atoms with Gasteiger partial charge in [-0.25, -0.2) is 4.79 Å². The van der Waals surface area contributed by atoms with Crippen molar-refractivity contribution in [2.45, 2.75) is 23.7 Å². The molecule has 5 nitrogen and oxygen atoms in total. The third kappa shape index (κ3) is 4.94. The van der Waals surface area contributed by atoms with Gasteiger partial charge in [-0.1, -0.05) is 35.9 Å². The van der Waals surface area contributed by atoms with Gasteiger partial charge < -0.3 is 14.4 Å². The molecule has 1 atom stereocenters. The molecule has 0 aliphatic carbocycles. The number of nitrogens with zero attached hydrogens (tertiary/aromatic N) is 2. The van der Waals surface area contributed by atoms with Gasteiger partial charge in [0.25, 0.3) is 0 Å². The molecule has 160 valence electrons. The van der Waals surface area contributed by atoms with E-state index < -0.39 is 0 Å². The largest absolute Gasteiger partial charge is 0.450 e. The van der Waals surface area contributed by atoms with Gasteiger partial charge in [-0.05, 0) is 36.2 Å². The molecule has 0 unspecified atom stereocenters. The number of ether oxygens (including phenoxy) is 2. The van der Waals surface area contributed by atoms with Crippen LogP contribution < -0.4 is 0 Å². The van der Waals surface area contributed by atoms with Crippen molar-refractivity contribution in [3.8, 4) is 0 Å². The average molecular weight is 447 g/mol. The molecular weight excluding hydrogens is 420 g/mol. The van der Waals surface area contributed by atoms with Crippen LogP contribution >= 0.6 is 23.4 Å². The molecule has 0 bridgehead atoms. The van der Waals surface area contributed by atoms with E-state index in [1.54, 1.807) is 4.90 Å². The quantitative estimate of drug-likeness (QED) is 0.658. The molecule has 0 radical (unpaired) electrons. The number of halogens is 1. The van der Waals surface area contributed by atoms with Crippen molar-refractivity contribution < 1.29 is 14.3 Å². The van der Waals surface area contributed by atoms with Gasteiger partial charge in [0.15, 0.2) is 0 Å². The number of amides is 1. The number of fused-ring (bicyclic) bond motifs is 2. The van der Waals surface area contributed by atoms with Crippen LogP contribution in [0.5, 0.6) is 0 Å². The van der Waals surface area contributed by atoms with Crippen molar-refractivity contribution in [1.82, 2.24) is 9.80 Å². The van der Waals surface area contributed by atoms with E-state index in [4.69, 9.17) is 21.1 Å². The summed E-state index contributed by atoms with van der Waals surface area (Å²) in [6.45, 7) is 6.76. The van der Waals surface area contributed by atoms with Crippen LogP contribution in [0.25, 0.3) is 0 Å². The Morgan fingerprint density at radius 2 is 1.93 bits per heavy atom. The minimum Gasteiger partial charge on any atom is -0.450 e. The van der Waals surface area contributed by atoms with Crippen LogP contribution in [0.15, 0.2) is 47.4 Å². The maximum Gasteiger partial charge on any atom is 0.409 e. The topological polar surface area (TPSA) is 42.0 Å². The molecule has 7 heteroatoms. The Kier molecular flexibility index (Phi) is 7.20. The Hall–Kier alpha value is -1.73. The second-order valence-corrected chi connectivity index (χ2v) is 8.90. The second kappa shape index (κ2) is 10.1. The van der Waals surface area contributed by atoms with Crippen LogP contribution in [0, 0.1) is 0 Å². The molecule has 2 aliphatic heterocycles. The highest BCUT2D eigenvalue weighted by Gasteiger charge is 2.26. The molecule has 2 aliphatic rings. The minimum atomic E-state index is -0.213. The first-order chi connectivity index (χ1) is 14.7. The van der Waals surface area contributed by atoms with E-state index in [1.165, 1.54) is 16.0 Å². The van der Waals surface area contributed by atoms with Crippen LogP contribution in [-0.4, -0.2) is 61.8 Å². The third-order valence-corrected chi connectivity index (χ3v) is 6.94. The summed E-state index contributed by atoms with van der Waals surface area (Å²) in [5.74, 6) is 0.931. The zero-order valence-electron chi connectivity index (χ0n) is 17.2. The van der Waals surface area contributed by atoms with Crippen molar-refractivity contribution in [3.63, 3.8) is 0 Å². The maximum atomic E-state index is 11.9. The Labute approximate surface area is 187 Å². The summed E-state index contributed by atoms with van der Waals surface area (Å²) in [5.41, 5.74) is 3.67. The summed E-state index contributed by atoms with van der Waals surface area (Å²) >= 11 is 8.16. The molecule has 1 amide bonds. The number of thioether (sulfide) groups is 1. The Morgan fingerprint density at radius 3 is 2.73 bits per heavy atom. The fraction of sp³-hybridized carbons (Fsp3) is 0.435. The van der Waals surface area contributed by atoms with Crippen LogP contribution in [-0.2, 0) is 15.2 Å². The van der Waals surface area contributed by atoms with E-state index in [9.17, 15) is 4.79 Å². The fourth-order valence-corrected chi connectivity index (χ4v) is 5.20. The highest BCUT2D eigenvalue weighted by Crippen LogP contribution is 2.42. The van der Waals surface area contributed by atoms with Crippen molar-refractivity contribution in [3.05, 3.63) is 64.2 Å². The molecule has 0 saturated carbocycles. The molecule has 4 rings (SSSR count). The molecule has 0 N–H and O–H groups in total. The van der Waals surface area contributed by atoms with Crippen molar-refractivity contribution in [1.29, 1.82) is 0 Å². The van der Waals surface area contributed by atoms with Gasteiger partial charge in [-0.15, -0.1) is 11.8 Å². The van der Waals surface area contributed by atoms with Gasteiger partial charge in [-0.2, -0.15) is 0 Å². The van der Waals surface area contributed by atoms with E-state index in [-0.39, 0.29) is 12.2 Å². The number of piperazine rings is 1. The summed E-state index contributed by atoms with van der Waals surface area (Å²) in [4.78, 5) is 17.2. The van der Waals surface area contributed by atoms with Crippen molar-refractivity contribution in [2.24, 2.45) is 0 Å².